The molecule has 2 unspecified atom stereocenters. The normalized spacial score (nSPS) is 20.2. The van der Waals surface area contributed by atoms with Gasteiger partial charge in [-0.2, -0.15) is 5.10 Å². The van der Waals surface area contributed by atoms with Gasteiger partial charge in [0.05, 0.1) is 17.3 Å². The Balaban J connectivity index is 1.71. The number of benzene rings is 1. The van der Waals surface area contributed by atoms with E-state index in [9.17, 15) is 9.90 Å². The quantitative estimate of drug-likeness (QED) is 0.867. The number of aromatic nitrogens is 2. The lowest BCUT2D eigenvalue weighted by Crippen LogP contribution is -2.27. The standard InChI is InChI=1S/C20H27N3O3/c1-20(2,3)23-18(12-17(22-23)15-9-10-16(24)11-15)21-19(25)26-13-14-7-5-4-6-8-14/h4-8,12,15-16,24H,9-11,13H2,1-3H3,(H,21,25). The van der Waals surface area contributed by atoms with Gasteiger partial charge in [-0.3, -0.25) is 5.32 Å². The average molecular weight is 357 g/mol. The minimum atomic E-state index is -0.503. The molecule has 0 spiro atoms. The Kier molecular flexibility index (Phi) is 5.32. The van der Waals surface area contributed by atoms with Gasteiger partial charge in [-0.25, -0.2) is 9.48 Å². The van der Waals surface area contributed by atoms with Crippen LogP contribution in [0.25, 0.3) is 0 Å². The molecule has 1 amide bonds. The second-order valence-corrected chi connectivity index (χ2v) is 7.89. The summed E-state index contributed by atoms with van der Waals surface area (Å²) in [6, 6.07) is 11.5. The molecule has 1 heterocycles. The summed E-state index contributed by atoms with van der Waals surface area (Å²) in [5, 5.41) is 17.3. The van der Waals surface area contributed by atoms with E-state index in [4.69, 9.17) is 9.84 Å². The van der Waals surface area contributed by atoms with E-state index < -0.39 is 6.09 Å². The zero-order chi connectivity index (χ0) is 18.7. The zero-order valence-corrected chi connectivity index (χ0v) is 15.6. The lowest BCUT2D eigenvalue weighted by atomic mass is 10.0. The number of aliphatic hydroxyl groups excluding tert-OH is 1. The number of anilines is 1. The van der Waals surface area contributed by atoms with E-state index in [1.807, 2.05) is 61.9 Å². The smallest absolute Gasteiger partial charge is 0.413 e. The first-order valence-corrected chi connectivity index (χ1v) is 9.09. The number of hydrogen-bond acceptors (Lipinski definition) is 4. The minimum absolute atomic E-state index is 0.220. The number of nitrogens with one attached hydrogen (secondary N) is 1. The minimum Gasteiger partial charge on any atom is -0.444 e. The molecule has 0 aliphatic heterocycles. The van der Waals surface area contributed by atoms with Crippen LogP contribution in [0.3, 0.4) is 0 Å². The van der Waals surface area contributed by atoms with Gasteiger partial charge in [0.2, 0.25) is 0 Å². The topological polar surface area (TPSA) is 76.4 Å². The first kappa shape index (κ1) is 18.5. The van der Waals surface area contributed by atoms with Gasteiger partial charge < -0.3 is 9.84 Å². The second kappa shape index (κ2) is 7.50. The van der Waals surface area contributed by atoms with Gasteiger partial charge >= 0.3 is 6.09 Å². The van der Waals surface area contributed by atoms with E-state index >= 15 is 0 Å². The van der Waals surface area contributed by atoms with Gasteiger partial charge in [-0.15, -0.1) is 0 Å². The zero-order valence-electron chi connectivity index (χ0n) is 15.6. The Hall–Kier alpha value is -2.34. The van der Waals surface area contributed by atoms with Crippen molar-refractivity contribution in [2.45, 2.75) is 64.2 Å². The highest BCUT2D eigenvalue weighted by Gasteiger charge is 2.29. The number of rotatable bonds is 4. The summed E-state index contributed by atoms with van der Waals surface area (Å²) in [7, 11) is 0. The van der Waals surface area contributed by atoms with Crippen LogP contribution < -0.4 is 5.32 Å². The lowest BCUT2D eigenvalue weighted by Gasteiger charge is -2.22. The maximum atomic E-state index is 12.2. The third-order valence-corrected chi connectivity index (χ3v) is 4.63. The summed E-state index contributed by atoms with van der Waals surface area (Å²) >= 11 is 0. The molecule has 1 aromatic carbocycles. The van der Waals surface area contributed by atoms with Crippen molar-refractivity contribution < 1.29 is 14.6 Å². The summed E-state index contributed by atoms with van der Waals surface area (Å²) in [6.07, 6.45) is 1.68. The van der Waals surface area contributed by atoms with Crippen LogP contribution in [0.1, 0.15) is 57.2 Å². The number of amides is 1. The Morgan fingerprint density at radius 1 is 1.31 bits per heavy atom. The molecular formula is C20H27N3O3. The van der Waals surface area contributed by atoms with Crippen molar-refractivity contribution in [3.63, 3.8) is 0 Å². The molecule has 1 aromatic heterocycles. The van der Waals surface area contributed by atoms with Crippen LogP contribution >= 0.6 is 0 Å². The molecular weight excluding hydrogens is 330 g/mol. The van der Waals surface area contributed by atoms with Crippen molar-refractivity contribution in [3.05, 3.63) is 47.7 Å². The SMILES string of the molecule is CC(C)(C)n1nc(C2CCC(O)C2)cc1NC(=O)OCc1ccccc1. The highest BCUT2D eigenvalue weighted by molar-refractivity contribution is 5.83. The molecule has 140 valence electrons. The fraction of sp³-hybridized carbons (Fsp3) is 0.500. The number of carbonyl (C=O) groups is 1. The fourth-order valence-corrected chi connectivity index (χ4v) is 3.29. The molecule has 1 aliphatic rings. The lowest BCUT2D eigenvalue weighted by molar-refractivity contribution is 0.154. The van der Waals surface area contributed by atoms with Gasteiger partial charge in [0.15, 0.2) is 0 Å². The van der Waals surface area contributed by atoms with Crippen molar-refractivity contribution in [3.8, 4) is 0 Å². The average Bonchev–Trinajstić information content (AvgIpc) is 3.20. The van der Waals surface area contributed by atoms with Crippen molar-refractivity contribution in [1.29, 1.82) is 0 Å². The Bertz CT molecular complexity index is 749. The van der Waals surface area contributed by atoms with E-state index in [1.165, 1.54) is 0 Å². The summed E-state index contributed by atoms with van der Waals surface area (Å²) < 4.78 is 7.14. The molecule has 2 atom stereocenters. The van der Waals surface area contributed by atoms with Crippen LogP contribution in [0.15, 0.2) is 36.4 Å². The van der Waals surface area contributed by atoms with E-state index in [1.54, 1.807) is 0 Å². The molecule has 2 aromatic rings. The van der Waals surface area contributed by atoms with Crippen LogP contribution in [-0.4, -0.2) is 27.1 Å². The number of carbonyl (C=O) groups excluding carboxylic acids is 1. The molecule has 1 fully saturated rings. The van der Waals surface area contributed by atoms with Crippen molar-refractivity contribution >= 4 is 11.9 Å². The molecule has 6 nitrogen and oxygen atoms in total. The number of ether oxygens (including phenoxy) is 1. The summed E-state index contributed by atoms with van der Waals surface area (Å²) in [5.41, 5.74) is 1.57. The van der Waals surface area contributed by atoms with Gasteiger partial charge in [0, 0.05) is 12.0 Å². The molecule has 0 saturated heterocycles. The van der Waals surface area contributed by atoms with Crippen LogP contribution in [0.4, 0.5) is 10.6 Å². The number of hydrogen-bond donors (Lipinski definition) is 2. The molecule has 1 saturated carbocycles. The maximum Gasteiger partial charge on any atom is 0.413 e. The van der Waals surface area contributed by atoms with E-state index in [0.717, 1.165) is 30.5 Å². The molecule has 6 heteroatoms. The summed E-state index contributed by atoms with van der Waals surface area (Å²) in [5.74, 6) is 0.849. The van der Waals surface area contributed by atoms with E-state index in [2.05, 4.69) is 5.32 Å². The Morgan fingerprint density at radius 3 is 2.65 bits per heavy atom. The molecule has 26 heavy (non-hydrogen) atoms. The second-order valence-electron chi connectivity index (χ2n) is 7.89. The van der Waals surface area contributed by atoms with Crippen LogP contribution in [0, 0.1) is 0 Å². The van der Waals surface area contributed by atoms with Crippen molar-refractivity contribution in [2.24, 2.45) is 0 Å². The molecule has 0 radical (unpaired) electrons. The Morgan fingerprint density at radius 2 is 2.04 bits per heavy atom. The van der Waals surface area contributed by atoms with Gasteiger partial charge in [-0.05, 0) is 45.6 Å². The van der Waals surface area contributed by atoms with E-state index in [-0.39, 0.29) is 24.2 Å². The van der Waals surface area contributed by atoms with Gasteiger partial charge in [0.1, 0.15) is 12.4 Å². The van der Waals surface area contributed by atoms with Crippen LogP contribution in [0.5, 0.6) is 0 Å². The first-order chi connectivity index (χ1) is 12.3. The Labute approximate surface area is 154 Å². The van der Waals surface area contributed by atoms with Crippen LogP contribution in [0.2, 0.25) is 0 Å². The molecule has 1 aliphatic carbocycles. The first-order valence-electron chi connectivity index (χ1n) is 9.09. The van der Waals surface area contributed by atoms with Crippen molar-refractivity contribution in [2.75, 3.05) is 5.32 Å². The molecule has 2 N–H and O–H groups in total. The number of nitrogens with zero attached hydrogens (tertiary/aromatic N) is 2. The third-order valence-electron chi connectivity index (χ3n) is 4.63. The maximum absolute atomic E-state index is 12.2. The van der Waals surface area contributed by atoms with Crippen LogP contribution in [-0.2, 0) is 16.9 Å². The molecule has 0 bridgehead atoms. The highest BCUT2D eigenvalue weighted by atomic mass is 16.5. The highest BCUT2D eigenvalue weighted by Crippen LogP contribution is 2.36. The predicted octanol–water partition coefficient (Wildman–Crippen LogP) is 4.02. The predicted molar refractivity (Wildman–Crippen MR) is 100 cm³/mol. The van der Waals surface area contributed by atoms with Crippen molar-refractivity contribution in [1.82, 2.24) is 9.78 Å². The van der Waals surface area contributed by atoms with Gasteiger partial charge in [-0.1, -0.05) is 30.3 Å². The monoisotopic (exact) mass is 357 g/mol. The third kappa shape index (κ3) is 4.43. The number of aliphatic hydroxyl groups is 1. The summed E-state index contributed by atoms with van der Waals surface area (Å²) in [4.78, 5) is 12.2. The fourth-order valence-electron chi connectivity index (χ4n) is 3.29. The van der Waals surface area contributed by atoms with E-state index in [0.29, 0.717) is 5.82 Å². The largest absolute Gasteiger partial charge is 0.444 e. The molecule has 3 rings (SSSR count). The summed E-state index contributed by atoms with van der Waals surface area (Å²) in [6.45, 7) is 6.33. The van der Waals surface area contributed by atoms with Gasteiger partial charge in [0.25, 0.3) is 0 Å².